The van der Waals surface area contributed by atoms with Gasteiger partial charge >= 0.3 is 0 Å². The van der Waals surface area contributed by atoms with Gasteiger partial charge in [-0.25, -0.2) is 4.68 Å². The summed E-state index contributed by atoms with van der Waals surface area (Å²) in [5.41, 5.74) is 2.64. The number of rotatable bonds is 4. The Hall–Kier alpha value is -2.12. The van der Waals surface area contributed by atoms with Crippen LogP contribution in [0.2, 0.25) is 0 Å². The maximum absolute atomic E-state index is 8.92. The van der Waals surface area contributed by atoms with Crippen molar-refractivity contribution in [1.82, 2.24) is 14.7 Å². The van der Waals surface area contributed by atoms with Crippen molar-refractivity contribution in [1.29, 1.82) is 5.26 Å². The minimum atomic E-state index is 0.217. The van der Waals surface area contributed by atoms with Crippen molar-refractivity contribution in [2.75, 3.05) is 13.1 Å². The summed E-state index contributed by atoms with van der Waals surface area (Å²) >= 11 is 0. The van der Waals surface area contributed by atoms with E-state index in [9.17, 15) is 0 Å². The molecule has 4 heteroatoms. The van der Waals surface area contributed by atoms with E-state index in [1.807, 2.05) is 16.9 Å². The minimum Gasteiger partial charge on any atom is -0.299 e. The molecule has 0 saturated carbocycles. The lowest BCUT2D eigenvalue weighted by atomic mass is 9.78. The van der Waals surface area contributed by atoms with E-state index in [2.05, 4.69) is 47.3 Å². The van der Waals surface area contributed by atoms with Crippen molar-refractivity contribution in [3.8, 4) is 11.8 Å². The monoisotopic (exact) mass is 294 g/mol. The lowest BCUT2D eigenvalue weighted by Gasteiger charge is -2.38. The normalized spacial score (nSPS) is 18.0. The molecule has 0 unspecified atom stereocenters. The van der Waals surface area contributed by atoms with E-state index >= 15 is 0 Å². The summed E-state index contributed by atoms with van der Waals surface area (Å²) in [4.78, 5) is 2.49. The van der Waals surface area contributed by atoms with E-state index in [0.717, 1.165) is 38.2 Å². The first-order valence-corrected chi connectivity index (χ1v) is 7.87. The number of benzene rings is 1. The standard InChI is InChI=1S/C18H22N4/c1-18(7-10-19)8-13-21(14-9-18)15-16-3-5-17(6-4-16)22-12-2-11-20-22/h2-6,11-12H,7-9,13-15H2,1H3. The minimum absolute atomic E-state index is 0.217. The highest BCUT2D eigenvalue weighted by Crippen LogP contribution is 2.34. The van der Waals surface area contributed by atoms with Crippen molar-refractivity contribution in [3.05, 3.63) is 48.3 Å². The molecule has 22 heavy (non-hydrogen) atoms. The van der Waals surface area contributed by atoms with Crippen molar-refractivity contribution < 1.29 is 0 Å². The number of nitrogens with zero attached hydrogens (tertiary/aromatic N) is 4. The molecule has 0 amide bonds. The van der Waals surface area contributed by atoms with Gasteiger partial charge in [-0.3, -0.25) is 4.90 Å². The first kappa shape index (κ1) is 14.8. The molecule has 1 aromatic heterocycles. The Balaban J connectivity index is 1.57. The van der Waals surface area contributed by atoms with Crippen molar-refractivity contribution in [2.45, 2.75) is 32.7 Å². The number of nitriles is 1. The highest BCUT2D eigenvalue weighted by Gasteiger charge is 2.29. The van der Waals surface area contributed by atoms with Crippen molar-refractivity contribution in [3.63, 3.8) is 0 Å². The van der Waals surface area contributed by atoms with Crippen LogP contribution in [-0.4, -0.2) is 27.8 Å². The fraction of sp³-hybridized carbons (Fsp3) is 0.444. The molecule has 0 bridgehead atoms. The molecule has 1 aromatic carbocycles. The first-order chi connectivity index (χ1) is 10.7. The average Bonchev–Trinajstić information content (AvgIpc) is 3.05. The van der Waals surface area contributed by atoms with Crippen LogP contribution in [0.15, 0.2) is 42.7 Å². The van der Waals surface area contributed by atoms with E-state index < -0.39 is 0 Å². The Labute approximate surface area is 132 Å². The van der Waals surface area contributed by atoms with Gasteiger partial charge in [-0.05, 0) is 55.1 Å². The Bertz CT molecular complexity index is 629. The van der Waals surface area contributed by atoms with Gasteiger partial charge in [-0.2, -0.15) is 10.4 Å². The van der Waals surface area contributed by atoms with Gasteiger partial charge in [-0.1, -0.05) is 19.1 Å². The summed E-state index contributed by atoms with van der Waals surface area (Å²) < 4.78 is 1.87. The molecule has 4 nitrogen and oxygen atoms in total. The summed E-state index contributed by atoms with van der Waals surface area (Å²) in [7, 11) is 0. The SMILES string of the molecule is CC1(CC#N)CCN(Cc2ccc(-n3cccn3)cc2)CC1. The Morgan fingerprint density at radius 1 is 1.23 bits per heavy atom. The summed E-state index contributed by atoms with van der Waals surface area (Å²) in [6.07, 6.45) is 6.66. The third-order valence-corrected chi connectivity index (χ3v) is 4.68. The predicted molar refractivity (Wildman–Crippen MR) is 86.4 cm³/mol. The highest BCUT2D eigenvalue weighted by atomic mass is 15.3. The number of hydrogen-bond acceptors (Lipinski definition) is 3. The molecule has 1 saturated heterocycles. The van der Waals surface area contributed by atoms with E-state index in [-0.39, 0.29) is 5.41 Å². The fourth-order valence-corrected chi connectivity index (χ4v) is 3.05. The first-order valence-electron chi connectivity index (χ1n) is 7.87. The molecule has 1 fully saturated rings. The lowest BCUT2D eigenvalue weighted by Crippen LogP contribution is -2.38. The van der Waals surface area contributed by atoms with E-state index in [1.165, 1.54) is 5.56 Å². The molecule has 1 aliphatic rings. The molecule has 1 aliphatic heterocycles. The molecule has 2 aromatic rings. The zero-order valence-corrected chi connectivity index (χ0v) is 13.1. The Kier molecular flexibility index (Phi) is 4.26. The largest absolute Gasteiger partial charge is 0.299 e. The average molecular weight is 294 g/mol. The number of likely N-dealkylation sites (tertiary alicyclic amines) is 1. The molecular weight excluding hydrogens is 272 g/mol. The van der Waals surface area contributed by atoms with Gasteiger partial charge in [0.15, 0.2) is 0 Å². The third kappa shape index (κ3) is 3.37. The number of aromatic nitrogens is 2. The lowest BCUT2D eigenvalue weighted by molar-refractivity contribution is 0.116. The second-order valence-corrected chi connectivity index (χ2v) is 6.54. The highest BCUT2D eigenvalue weighted by molar-refractivity contribution is 5.33. The summed E-state index contributed by atoms with van der Waals surface area (Å²) in [5.74, 6) is 0. The summed E-state index contributed by atoms with van der Waals surface area (Å²) in [5, 5.41) is 13.2. The van der Waals surface area contributed by atoms with Gasteiger partial charge in [0, 0.05) is 25.4 Å². The van der Waals surface area contributed by atoms with Crippen LogP contribution >= 0.6 is 0 Å². The molecular formula is C18H22N4. The molecule has 0 spiro atoms. The predicted octanol–water partition coefficient (Wildman–Crippen LogP) is 3.39. The van der Waals surface area contributed by atoms with Crippen LogP contribution in [-0.2, 0) is 6.54 Å². The van der Waals surface area contributed by atoms with Gasteiger partial charge in [0.05, 0.1) is 11.8 Å². The van der Waals surface area contributed by atoms with Crippen molar-refractivity contribution in [2.24, 2.45) is 5.41 Å². The van der Waals surface area contributed by atoms with Gasteiger partial charge in [-0.15, -0.1) is 0 Å². The van der Waals surface area contributed by atoms with E-state index in [1.54, 1.807) is 6.20 Å². The molecule has 0 atom stereocenters. The maximum atomic E-state index is 8.92. The molecule has 0 radical (unpaired) electrons. The zero-order chi connectivity index (χ0) is 15.4. The Morgan fingerprint density at radius 2 is 1.95 bits per heavy atom. The summed E-state index contributed by atoms with van der Waals surface area (Å²) in [6.45, 7) is 5.40. The maximum Gasteiger partial charge on any atom is 0.0645 e. The Morgan fingerprint density at radius 3 is 2.55 bits per heavy atom. The van der Waals surface area contributed by atoms with Crippen LogP contribution < -0.4 is 0 Å². The van der Waals surface area contributed by atoms with Gasteiger partial charge in [0.2, 0.25) is 0 Å². The molecule has 3 rings (SSSR count). The van der Waals surface area contributed by atoms with Gasteiger partial charge in [0.1, 0.15) is 0 Å². The summed E-state index contributed by atoms with van der Waals surface area (Å²) in [6, 6.07) is 12.9. The molecule has 2 heterocycles. The smallest absolute Gasteiger partial charge is 0.0645 e. The van der Waals surface area contributed by atoms with Gasteiger partial charge < -0.3 is 0 Å². The van der Waals surface area contributed by atoms with Crippen LogP contribution in [0.1, 0.15) is 31.7 Å². The second-order valence-electron chi connectivity index (χ2n) is 6.54. The van der Waals surface area contributed by atoms with Crippen LogP contribution in [0.4, 0.5) is 0 Å². The third-order valence-electron chi connectivity index (χ3n) is 4.68. The molecule has 0 N–H and O–H groups in total. The zero-order valence-electron chi connectivity index (χ0n) is 13.1. The topological polar surface area (TPSA) is 44.9 Å². The second kappa shape index (κ2) is 6.33. The van der Waals surface area contributed by atoms with Crippen LogP contribution in [0.5, 0.6) is 0 Å². The van der Waals surface area contributed by atoms with Crippen LogP contribution in [0.25, 0.3) is 5.69 Å². The van der Waals surface area contributed by atoms with Crippen LogP contribution in [0.3, 0.4) is 0 Å². The number of hydrogen-bond donors (Lipinski definition) is 0. The van der Waals surface area contributed by atoms with E-state index in [0.29, 0.717) is 6.42 Å². The van der Waals surface area contributed by atoms with Crippen LogP contribution in [0, 0.1) is 16.7 Å². The van der Waals surface area contributed by atoms with Crippen molar-refractivity contribution >= 4 is 0 Å². The quantitative estimate of drug-likeness (QED) is 0.868. The molecule has 114 valence electrons. The fourth-order valence-electron chi connectivity index (χ4n) is 3.05. The van der Waals surface area contributed by atoms with E-state index in [4.69, 9.17) is 5.26 Å². The number of piperidine rings is 1. The van der Waals surface area contributed by atoms with Gasteiger partial charge in [0.25, 0.3) is 0 Å². The molecule has 0 aliphatic carbocycles.